The van der Waals surface area contributed by atoms with Crippen molar-refractivity contribution in [2.45, 2.75) is 11.8 Å². The number of aryl methyl sites for hydroxylation is 1. The van der Waals surface area contributed by atoms with E-state index in [1.807, 2.05) is 19.1 Å². The second-order valence-electron chi connectivity index (χ2n) is 5.43. The molecule has 25 heavy (non-hydrogen) atoms. The second kappa shape index (κ2) is 7.13. The quantitative estimate of drug-likeness (QED) is 0.686. The van der Waals surface area contributed by atoms with Crippen molar-refractivity contribution in [1.82, 2.24) is 4.98 Å². The number of nitrogens with one attached hydrogen (secondary N) is 2. The van der Waals surface area contributed by atoms with Crippen molar-refractivity contribution in [1.29, 1.82) is 0 Å². The summed E-state index contributed by atoms with van der Waals surface area (Å²) in [6.07, 6.45) is 1.57. The standard InChI is InChI=1S/C18H16ClN3O2S/c1-13-11-14(19)7-9-17(13)21-15-8-10-18(20-12-15)22-25(23,24)16-5-3-2-4-6-16/h2-12,21H,1H3,(H,20,22). The number of rotatable bonds is 5. The zero-order valence-corrected chi connectivity index (χ0v) is 15.0. The molecule has 5 nitrogen and oxygen atoms in total. The number of nitrogens with zero attached hydrogens (tertiary/aromatic N) is 1. The van der Waals surface area contributed by atoms with Gasteiger partial charge in [0.15, 0.2) is 0 Å². The number of benzene rings is 2. The molecule has 0 amide bonds. The summed E-state index contributed by atoms with van der Waals surface area (Å²) in [5, 5.41) is 3.90. The van der Waals surface area contributed by atoms with Crippen LogP contribution in [0.4, 0.5) is 17.2 Å². The summed E-state index contributed by atoms with van der Waals surface area (Å²) < 4.78 is 27.0. The molecule has 0 atom stereocenters. The van der Waals surface area contributed by atoms with E-state index in [1.54, 1.807) is 42.6 Å². The van der Waals surface area contributed by atoms with Gasteiger partial charge in [-0.1, -0.05) is 29.8 Å². The van der Waals surface area contributed by atoms with E-state index < -0.39 is 10.0 Å². The van der Waals surface area contributed by atoms with Gasteiger partial charge in [-0.05, 0) is 55.0 Å². The molecule has 3 rings (SSSR count). The molecule has 0 aliphatic heterocycles. The Bertz CT molecular complexity index is 975. The van der Waals surface area contributed by atoms with Gasteiger partial charge in [-0.15, -0.1) is 0 Å². The van der Waals surface area contributed by atoms with Crippen LogP contribution in [0.15, 0.2) is 71.8 Å². The summed E-state index contributed by atoms with van der Waals surface area (Å²) in [4.78, 5) is 4.34. The number of pyridine rings is 1. The van der Waals surface area contributed by atoms with Crippen molar-refractivity contribution < 1.29 is 8.42 Å². The maximum Gasteiger partial charge on any atom is 0.263 e. The lowest BCUT2D eigenvalue weighted by Crippen LogP contribution is -2.13. The van der Waals surface area contributed by atoms with E-state index in [0.717, 1.165) is 16.9 Å². The summed E-state index contributed by atoms with van der Waals surface area (Å²) in [6, 6.07) is 17.1. The maximum absolute atomic E-state index is 12.3. The highest BCUT2D eigenvalue weighted by molar-refractivity contribution is 7.92. The third kappa shape index (κ3) is 4.29. The predicted octanol–water partition coefficient (Wildman–Crippen LogP) is 4.59. The number of hydrogen-bond acceptors (Lipinski definition) is 4. The molecule has 0 spiro atoms. The van der Waals surface area contributed by atoms with Crippen LogP contribution in [-0.4, -0.2) is 13.4 Å². The van der Waals surface area contributed by atoms with Gasteiger partial charge in [-0.3, -0.25) is 4.72 Å². The normalized spacial score (nSPS) is 11.1. The molecule has 0 bridgehead atoms. The molecule has 0 aliphatic carbocycles. The minimum Gasteiger partial charge on any atom is -0.354 e. The van der Waals surface area contributed by atoms with Gasteiger partial charge in [0, 0.05) is 10.7 Å². The first-order chi connectivity index (χ1) is 11.9. The maximum atomic E-state index is 12.3. The molecule has 0 saturated carbocycles. The molecule has 2 N–H and O–H groups in total. The van der Waals surface area contributed by atoms with E-state index in [4.69, 9.17) is 11.6 Å². The highest BCUT2D eigenvalue weighted by Gasteiger charge is 2.13. The third-order valence-corrected chi connectivity index (χ3v) is 5.13. The topological polar surface area (TPSA) is 71.1 Å². The van der Waals surface area contributed by atoms with E-state index in [0.29, 0.717) is 5.02 Å². The molecule has 0 fully saturated rings. The van der Waals surface area contributed by atoms with Crippen molar-refractivity contribution in [3.8, 4) is 0 Å². The molecule has 7 heteroatoms. The lowest BCUT2D eigenvalue weighted by molar-refractivity contribution is 0.601. The Morgan fingerprint density at radius 3 is 2.40 bits per heavy atom. The van der Waals surface area contributed by atoms with E-state index in [1.165, 1.54) is 12.1 Å². The predicted molar refractivity (Wildman–Crippen MR) is 101 cm³/mol. The lowest BCUT2D eigenvalue weighted by atomic mass is 10.2. The van der Waals surface area contributed by atoms with Crippen LogP contribution in [0.5, 0.6) is 0 Å². The molecule has 0 unspecified atom stereocenters. The van der Waals surface area contributed by atoms with Gasteiger partial charge < -0.3 is 5.32 Å². The average molecular weight is 374 g/mol. The van der Waals surface area contributed by atoms with Gasteiger partial charge in [0.05, 0.1) is 16.8 Å². The Labute approximate surface area is 151 Å². The summed E-state index contributed by atoms with van der Waals surface area (Å²) in [6.45, 7) is 1.95. The number of hydrogen-bond donors (Lipinski definition) is 2. The Hall–Kier alpha value is -2.57. The molecular weight excluding hydrogens is 358 g/mol. The van der Waals surface area contributed by atoms with Crippen molar-refractivity contribution in [2.24, 2.45) is 0 Å². The fraction of sp³-hybridized carbons (Fsp3) is 0.0556. The molecule has 3 aromatic rings. The van der Waals surface area contributed by atoms with Crippen molar-refractivity contribution in [3.05, 3.63) is 77.4 Å². The van der Waals surface area contributed by atoms with Crippen LogP contribution in [0.3, 0.4) is 0 Å². The van der Waals surface area contributed by atoms with Gasteiger partial charge in [0.2, 0.25) is 0 Å². The van der Waals surface area contributed by atoms with Crippen LogP contribution in [0.2, 0.25) is 5.02 Å². The van der Waals surface area contributed by atoms with Gasteiger partial charge in [0.25, 0.3) is 10.0 Å². The van der Waals surface area contributed by atoms with Crippen molar-refractivity contribution >= 4 is 38.8 Å². The summed E-state index contributed by atoms with van der Waals surface area (Å²) >= 11 is 5.95. The van der Waals surface area contributed by atoms with Crippen LogP contribution in [0, 0.1) is 6.92 Å². The van der Waals surface area contributed by atoms with Gasteiger partial charge in [-0.2, -0.15) is 0 Å². The van der Waals surface area contributed by atoms with Gasteiger partial charge in [0.1, 0.15) is 5.82 Å². The zero-order chi connectivity index (χ0) is 17.9. The Kier molecular flexibility index (Phi) is 4.92. The largest absolute Gasteiger partial charge is 0.354 e. The second-order valence-corrected chi connectivity index (χ2v) is 7.55. The minimum atomic E-state index is -3.64. The fourth-order valence-corrected chi connectivity index (χ4v) is 3.50. The highest BCUT2D eigenvalue weighted by Crippen LogP contribution is 2.24. The minimum absolute atomic E-state index is 0.191. The molecule has 2 aromatic carbocycles. The fourth-order valence-electron chi connectivity index (χ4n) is 2.25. The number of halogens is 1. The monoisotopic (exact) mass is 373 g/mol. The Balaban J connectivity index is 1.74. The Morgan fingerprint density at radius 1 is 1.00 bits per heavy atom. The number of anilines is 3. The molecule has 1 aromatic heterocycles. The van der Waals surface area contributed by atoms with Gasteiger partial charge in [-0.25, -0.2) is 13.4 Å². The Morgan fingerprint density at radius 2 is 1.76 bits per heavy atom. The van der Waals surface area contributed by atoms with E-state index in [2.05, 4.69) is 15.0 Å². The van der Waals surface area contributed by atoms with Crippen LogP contribution in [0.25, 0.3) is 0 Å². The summed E-state index contributed by atoms with van der Waals surface area (Å²) in [5.41, 5.74) is 2.65. The lowest BCUT2D eigenvalue weighted by Gasteiger charge is -2.11. The number of aromatic nitrogens is 1. The molecule has 1 heterocycles. The molecule has 0 aliphatic rings. The van der Waals surface area contributed by atoms with Crippen LogP contribution >= 0.6 is 11.6 Å². The van der Waals surface area contributed by atoms with Crippen LogP contribution < -0.4 is 10.0 Å². The molecule has 0 saturated heterocycles. The van der Waals surface area contributed by atoms with Crippen molar-refractivity contribution in [3.63, 3.8) is 0 Å². The summed E-state index contributed by atoms with van der Waals surface area (Å²) in [5.74, 6) is 0.252. The zero-order valence-electron chi connectivity index (χ0n) is 13.4. The van der Waals surface area contributed by atoms with E-state index in [-0.39, 0.29) is 10.7 Å². The first kappa shape index (κ1) is 17.3. The van der Waals surface area contributed by atoms with Crippen LogP contribution in [-0.2, 0) is 10.0 Å². The SMILES string of the molecule is Cc1cc(Cl)ccc1Nc1ccc(NS(=O)(=O)c2ccccc2)nc1. The van der Waals surface area contributed by atoms with Crippen molar-refractivity contribution in [2.75, 3.05) is 10.0 Å². The first-order valence-electron chi connectivity index (χ1n) is 7.51. The third-order valence-electron chi connectivity index (χ3n) is 3.52. The van der Waals surface area contributed by atoms with Crippen LogP contribution in [0.1, 0.15) is 5.56 Å². The number of sulfonamides is 1. The van der Waals surface area contributed by atoms with E-state index >= 15 is 0 Å². The molecule has 128 valence electrons. The first-order valence-corrected chi connectivity index (χ1v) is 9.37. The summed E-state index contributed by atoms with van der Waals surface area (Å²) in [7, 11) is -3.64. The average Bonchev–Trinajstić information content (AvgIpc) is 2.59. The van der Waals surface area contributed by atoms with Gasteiger partial charge >= 0.3 is 0 Å². The highest BCUT2D eigenvalue weighted by atomic mass is 35.5. The van der Waals surface area contributed by atoms with E-state index in [9.17, 15) is 8.42 Å². The smallest absolute Gasteiger partial charge is 0.263 e. The molecule has 0 radical (unpaired) electrons. The molecular formula is C18H16ClN3O2S.